The zero-order valence-electron chi connectivity index (χ0n) is 24.2. The number of anilines is 2. The first-order valence-electron chi connectivity index (χ1n) is 14.6. The van der Waals surface area contributed by atoms with Gasteiger partial charge in [0.05, 0.1) is 36.8 Å². The summed E-state index contributed by atoms with van der Waals surface area (Å²) < 4.78 is 12.7. The minimum absolute atomic E-state index is 0.00502. The topological polar surface area (TPSA) is 143 Å². The molecule has 0 aromatic heterocycles. The third kappa shape index (κ3) is 10.4. The standard InChI is InChI=1S/C33H41N3O6S/c34-28-5-1-2-6-29(28)36-32(40)8-4-3-7-31(39)35-20-23-9-15-26(16-10-23)33-41-27(22-43-18-17-37)19-30(42-33)25-13-11-24(21-38)12-14-25/h1-2,5-6,9-16,27,30,33,37-38H,3-4,7-8,17-22,34H2,(H,35,39)(H,36,40)/t27-,30+,33+/m0/s1. The molecule has 2 amide bonds. The quantitative estimate of drug-likeness (QED) is 0.122. The molecule has 43 heavy (non-hydrogen) atoms. The Morgan fingerprint density at radius 1 is 0.860 bits per heavy atom. The Labute approximate surface area is 257 Å². The molecule has 230 valence electrons. The Bertz CT molecular complexity index is 1300. The molecule has 9 nitrogen and oxygen atoms in total. The number of rotatable bonds is 15. The van der Waals surface area contributed by atoms with Crippen LogP contribution < -0.4 is 16.4 Å². The third-order valence-electron chi connectivity index (χ3n) is 7.19. The second kappa shape index (κ2) is 17.0. The summed E-state index contributed by atoms with van der Waals surface area (Å²) in [4.78, 5) is 24.5. The van der Waals surface area contributed by atoms with Gasteiger partial charge in [-0.15, -0.1) is 0 Å². The number of hydrogen-bond acceptors (Lipinski definition) is 8. The molecule has 0 unspecified atom stereocenters. The van der Waals surface area contributed by atoms with Crippen molar-refractivity contribution in [1.82, 2.24) is 5.32 Å². The van der Waals surface area contributed by atoms with Crippen LogP contribution in [0, 0.1) is 0 Å². The van der Waals surface area contributed by atoms with Crippen molar-refractivity contribution >= 4 is 35.0 Å². The van der Waals surface area contributed by atoms with E-state index in [4.69, 9.17) is 15.2 Å². The van der Waals surface area contributed by atoms with E-state index < -0.39 is 6.29 Å². The molecule has 10 heteroatoms. The Kier molecular flexibility index (Phi) is 12.9. The van der Waals surface area contributed by atoms with Gasteiger partial charge in [0.15, 0.2) is 6.29 Å². The summed E-state index contributed by atoms with van der Waals surface area (Å²) in [5.41, 5.74) is 10.7. The predicted molar refractivity (Wildman–Crippen MR) is 169 cm³/mol. The van der Waals surface area contributed by atoms with Crippen LogP contribution in [0.5, 0.6) is 0 Å². The molecule has 3 aromatic carbocycles. The van der Waals surface area contributed by atoms with Gasteiger partial charge >= 0.3 is 0 Å². The number of carbonyl (C=O) groups excluding carboxylic acids is 2. The van der Waals surface area contributed by atoms with Crippen molar-refractivity contribution in [1.29, 1.82) is 0 Å². The average molecular weight is 608 g/mol. The molecular formula is C33H41N3O6S. The lowest BCUT2D eigenvalue weighted by Gasteiger charge is -2.36. The second-order valence-electron chi connectivity index (χ2n) is 10.5. The fourth-order valence-electron chi connectivity index (χ4n) is 4.78. The highest BCUT2D eigenvalue weighted by molar-refractivity contribution is 7.99. The molecule has 0 saturated carbocycles. The van der Waals surface area contributed by atoms with Crippen molar-refractivity contribution < 1.29 is 29.3 Å². The van der Waals surface area contributed by atoms with Crippen molar-refractivity contribution in [3.05, 3.63) is 95.1 Å². The Morgan fingerprint density at radius 2 is 1.53 bits per heavy atom. The number of para-hydroxylation sites is 2. The first-order valence-corrected chi connectivity index (χ1v) is 15.8. The molecule has 1 fully saturated rings. The number of benzene rings is 3. The highest BCUT2D eigenvalue weighted by atomic mass is 32.2. The number of unbranched alkanes of at least 4 members (excludes halogenated alkanes) is 1. The maximum Gasteiger partial charge on any atom is 0.224 e. The van der Waals surface area contributed by atoms with Gasteiger partial charge in [-0.25, -0.2) is 0 Å². The van der Waals surface area contributed by atoms with E-state index in [1.165, 1.54) is 0 Å². The van der Waals surface area contributed by atoms with Crippen molar-refractivity contribution in [3.8, 4) is 0 Å². The minimum Gasteiger partial charge on any atom is -0.397 e. The number of thioether (sulfide) groups is 1. The number of aliphatic hydroxyl groups excluding tert-OH is 2. The highest BCUT2D eigenvalue weighted by Gasteiger charge is 2.32. The van der Waals surface area contributed by atoms with Crippen LogP contribution in [-0.2, 0) is 32.2 Å². The maximum atomic E-state index is 12.4. The molecule has 0 aliphatic carbocycles. The summed E-state index contributed by atoms with van der Waals surface area (Å²) in [6, 6.07) is 22.7. The van der Waals surface area contributed by atoms with E-state index in [0.29, 0.717) is 55.8 Å². The van der Waals surface area contributed by atoms with E-state index in [2.05, 4.69) is 10.6 Å². The van der Waals surface area contributed by atoms with E-state index in [-0.39, 0.29) is 37.2 Å². The summed E-state index contributed by atoms with van der Waals surface area (Å²) in [6.45, 7) is 0.525. The summed E-state index contributed by atoms with van der Waals surface area (Å²) in [6.07, 6.45) is 1.84. The van der Waals surface area contributed by atoms with Gasteiger partial charge in [-0.1, -0.05) is 60.7 Å². The molecular weight excluding hydrogens is 566 g/mol. The molecule has 1 saturated heterocycles. The van der Waals surface area contributed by atoms with Crippen LogP contribution in [0.2, 0.25) is 0 Å². The van der Waals surface area contributed by atoms with E-state index in [9.17, 15) is 19.8 Å². The first-order chi connectivity index (χ1) is 20.9. The lowest BCUT2D eigenvalue weighted by atomic mass is 10.0. The van der Waals surface area contributed by atoms with E-state index in [1.54, 1.807) is 23.9 Å². The van der Waals surface area contributed by atoms with Gasteiger partial charge in [0.25, 0.3) is 0 Å². The molecule has 1 aliphatic heterocycles. The van der Waals surface area contributed by atoms with Crippen LogP contribution >= 0.6 is 11.8 Å². The van der Waals surface area contributed by atoms with Crippen LogP contribution in [0.1, 0.15) is 66.8 Å². The van der Waals surface area contributed by atoms with Gasteiger partial charge < -0.3 is 36.1 Å². The van der Waals surface area contributed by atoms with Crippen LogP contribution in [0.15, 0.2) is 72.8 Å². The largest absolute Gasteiger partial charge is 0.397 e. The van der Waals surface area contributed by atoms with Gasteiger partial charge in [0.2, 0.25) is 11.8 Å². The number of hydrogen-bond donors (Lipinski definition) is 5. The molecule has 0 radical (unpaired) electrons. The monoisotopic (exact) mass is 607 g/mol. The van der Waals surface area contributed by atoms with Crippen molar-refractivity contribution in [2.45, 2.75) is 63.8 Å². The fourth-order valence-corrected chi connectivity index (χ4v) is 5.55. The highest BCUT2D eigenvalue weighted by Crippen LogP contribution is 2.38. The lowest BCUT2D eigenvalue weighted by molar-refractivity contribution is -0.245. The Hall–Kier alpha value is -3.41. The fraction of sp³-hybridized carbons (Fsp3) is 0.394. The van der Waals surface area contributed by atoms with Gasteiger partial charge in [-0.3, -0.25) is 9.59 Å². The Balaban J connectivity index is 1.23. The van der Waals surface area contributed by atoms with E-state index in [0.717, 1.165) is 28.0 Å². The number of nitrogens with one attached hydrogen (secondary N) is 2. The Morgan fingerprint density at radius 3 is 2.23 bits per heavy atom. The normalized spacial score (nSPS) is 18.2. The number of nitrogens with two attached hydrogens (primary N) is 1. The number of carbonyl (C=O) groups is 2. The molecule has 3 aromatic rings. The van der Waals surface area contributed by atoms with Gasteiger partial charge in [-0.2, -0.15) is 11.8 Å². The summed E-state index contributed by atoms with van der Waals surface area (Å²) in [7, 11) is 0. The SMILES string of the molecule is Nc1ccccc1NC(=O)CCCCC(=O)NCc1ccc([C@@H]2O[C@H](CSCCO)C[C@H](c3ccc(CO)cc3)O2)cc1. The molecule has 0 spiro atoms. The number of aliphatic hydroxyl groups is 2. The number of nitrogen functional groups attached to an aromatic ring is 1. The maximum absolute atomic E-state index is 12.4. The van der Waals surface area contributed by atoms with Crippen LogP contribution in [-0.4, -0.2) is 46.2 Å². The van der Waals surface area contributed by atoms with Crippen LogP contribution in [0.3, 0.4) is 0 Å². The summed E-state index contributed by atoms with van der Waals surface area (Å²) in [5.74, 6) is 1.22. The number of ether oxygens (including phenoxy) is 2. The van der Waals surface area contributed by atoms with Gasteiger partial charge in [0, 0.05) is 42.9 Å². The first kappa shape index (κ1) is 32.5. The third-order valence-corrected chi connectivity index (χ3v) is 8.27. The van der Waals surface area contributed by atoms with Gasteiger partial charge in [-0.05, 0) is 41.7 Å². The predicted octanol–water partition coefficient (Wildman–Crippen LogP) is 4.85. The average Bonchev–Trinajstić information content (AvgIpc) is 3.03. The molecule has 3 atom stereocenters. The molecule has 1 heterocycles. The molecule has 0 bridgehead atoms. The van der Waals surface area contributed by atoms with E-state index >= 15 is 0 Å². The van der Waals surface area contributed by atoms with Crippen molar-refractivity contribution in [3.63, 3.8) is 0 Å². The van der Waals surface area contributed by atoms with Gasteiger partial charge in [0.1, 0.15) is 0 Å². The summed E-state index contributed by atoms with van der Waals surface area (Å²) in [5, 5.41) is 24.3. The van der Waals surface area contributed by atoms with Crippen molar-refractivity contribution in [2.75, 3.05) is 29.2 Å². The lowest BCUT2D eigenvalue weighted by Crippen LogP contribution is -2.31. The zero-order valence-corrected chi connectivity index (χ0v) is 25.1. The second-order valence-corrected chi connectivity index (χ2v) is 11.7. The van der Waals surface area contributed by atoms with E-state index in [1.807, 2.05) is 60.7 Å². The smallest absolute Gasteiger partial charge is 0.224 e. The molecule has 1 aliphatic rings. The molecule has 4 rings (SSSR count). The minimum atomic E-state index is -0.546. The summed E-state index contributed by atoms with van der Waals surface area (Å²) >= 11 is 1.65. The van der Waals surface area contributed by atoms with Crippen LogP contribution in [0.4, 0.5) is 11.4 Å². The number of amides is 2. The molecule has 6 N–H and O–H groups in total. The zero-order chi connectivity index (χ0) is 30.4. The van der Waals surface area contributed by atoms with Crippen LogP contribution in [0.25, 0.3) is 0 Å². The van der Waals surface area contributed by atoms with Crippen molar-refractivity contribution in [2.24, 2.45) is 0 Å².